The average Bonchev–Trinajstić information content (AvgIpc) is 3.09. The summed E-state index contributed by atoms with van der Waals surface area (Å²) in [6.45, 7) is 1.85. The monoisotopic (exact) mass is 554 g/mol. The molecule has 4 atom stereocenters. The first-order valence-electron chi connectivity index (χ1n) is 11.0. The minimum atomic E-state index is -5.00. The number of methoxy groups -OCH3 is 1. The van der Waals surface area contributed by atoms with Crippen LogP contribution in [0, 0.1) is 11.7 Å². The highest BCUT2D eigenvalue weighted by Gasteiger charge is 2.65. The van der Waals surface area contributed by atoms with Crippen LogP contribution in [0.3, 0.4) is 0 Å². The topological polar surface area (TPSA) is 64.2 Å². The number of nitrogens with one attached hydrogen (secondary N) is 1. The number of aromatic amines is 1. The van der Waals surface area contributed by atoms with Crippen LogP contribution in [0.4, 0.5) is 39.5 Å². The third kappa shape index (κ3) is 4.28. The molecular formula is C24H19F9N2O3. The maximum absolute atomic E-state index is 14.3. The van der Waals surface area contributed by atoms with E-state index in [0.29, 0.717) is 12.1 Å². The van der Waals surface area contributed by atoms with E-state index in [0.717, 1.165) is 39.3 Å². The Bertz CT molecular complexity index is 1430. The first-order valence-corrected chi connectivity index (χ1v) is 11.0. The summed E-state index contributed by atoms with van der Waals surface area (Å²) in [6, 6.07) is 3.30. The van der Waals surface area contributed by atoms with Crippen LogP contribution in [0.2, 0.25) is 0 Å². The molecule has 0 unspecified atom stereocenters. The number of fused-ring (bicyclic) bond motifs is 1. The number of H-pyrrole nitrogens is 1. The van der Waals surface area contributed by atoms with Crippen LogP contribution in [-0.2, 0) is 10.9 Å². The van der Waals surface area contributed by atoms with Gasteiger partial charge >= 0.3 is 12.4 Å². The minimum absolute atomic E-state index is 0.263. The molecule has 0 radical (unpaired) electrons. The van der Waals surface area contributed by atoms with E-state index in [4.69, 9.17) is 9.47 Å². The highest BCUT2D eigenvalue weighted by molar-refractivity contribution is 5.81. The van der Waals surface area contributed by atoms with Crippen molar-refractivity contribution < 1.29 is 49.0 Å². The predicted octanol–water partition coefficient (Wildman–Crippen LogP) is 6.84. The van der Waals surface area contributed by atoms with Gasteiger partial charge in [0.1, 0.15) is 17.7 Å². The summed E-state index contributed by atoms with van der Waals surface area (Å²) in [5.74, 6) is -5.02. The van der Waals surface area contributed by atoms with E-state index >= 15 is 0 Å². The van der Waals surface area contributed by atoms with Crippen molar-refractivity contribution in [2.45, 2.75) is 50.2 Å². The maximum Gasteiger partial charge on any atom is 0.434 e. The lowest BCUT2D eigenvalue weighted by Crippen LogP contribution is -2.46. The molecule has 0 bridgehead atoms. The summed E-state index contributed by atoms with van der Waals surface area (Å²) < 4.78 is 135. The Morgan fingerprint density at radius 2 is 1.79 bits per heavy atom. The quantitative estimate of drug-likeness (QED) is 0.359. The second kappa shape index (κ2) is 9.17. The second-order valence-corrected chi connectivity index (χ2v) is 9.01. The number of hydrogen-bond donors (Lipinski definition) is 1. The molecule has 0 aliphatic carbocycles. The van der Waals surface area contributed by atoms with Crippen molar-refractivity contribution in [3.63, 3.8) is 0 Å². The van der Waals surface area contributed by atoms with E-state index in [1.165, 1.54) is 0 Å². The van der Waals surface area contributed by atoms with E-state index in [1.807, 2.05) is 0 Å². The van der Waals surface area contributed by atoms with Crippen LogP contribution in [0.25, 0.3) is 10.9 Å². The van der Waals surface area contributed by atoms with Crippen LogP contribution in [0.5, 0.6) is 5.75 Å². The summed E-state index contributed by atoms with van der Waals surface area (Å²) in [4.78, 5) is 18.5. The SMILES string of the molecule is COc1c([C@H]2[C@H](c3cc(=O)c4c(C(F)(F)F)nccc4[nH]3)O[C@@](C)(C(F)(F)F)[C@H]2C)ccc(F)c1C(F)F. The minimum Gasteiger partial charge on any atom is -0.496 e. The van der Waals surface area contributed by atoms with Gasteiger partial charge in [-0.25, -0.2) is 13.2 Å². The molecule has 3 heterocycles. The molecule has 1 aliphatic rings. The smallest absolute Gasteiger partial charge is 0.434 e. The first-order chi connectivity index (χ1) is 17.5. The van der Waals surface area contributed by atoms with Crippen molar-refractivity contribution in [1.29, 1.82) is 0 Å². The molecule has 0 spiro atoms. The zero-order valence-corrected chi connectivity index (χ0v) is 19.8. The molecule has 4 rings (SSSR count). The molecule has 5 nitrogen and oxygen atoms in total. The maximum atomic E-state index is 14.3. The highest BCUT2D eigenvalue weighted by Crippen LogP contribution is 2.59. The highest BCUT2D eigenvalue weighted by atomic mass is 19.4. The summed E-state index contributed by atoms with van der Waals surface area (Å²) in [5, 5.41) is -0.843. The first kappa shape index (κ1) is 27.7. The molecule has 38 heavy (non-hydrogen) atoms. The average molecular weight is 554 g/mol. The summed E-state index contributed by atoms with van der Waals surface area (Å²) in [6.07, 6.45) is -14.3. The molecule has 14 heteroatoms. The normalized spacial score (nSPS) is 24.4. The Kier molecular flexibility index (Phi) is 6.69. The number of halogens is 9. The molecule has 1 fully saturated rings. The Labute approximate surface area is 208 Å². The summed E-state index contributed by atoms with van der Waals surface area (Å²) in [5.41, 5.74) is -7.77. The Balaban J connectivity index is 2.00. The molecule has 0 saturated carbocycles. The van der Waals surface area contributed by atoms with E-state index in [-0.39, 0.29) is 16.8 Å². The zero-order chi connectivity index (χ0) is 28.4. The number of hydrogen-bond acceptors (Lipinski definition) is 4. The third-order valence-corrected chi connectivity index (χ3v) is 6.96. The molecule has 1 aliphatic heterocycles. The zero-order valence-electron chi connectivity index (χ0n) is 19.8. The molecule has 1 aromatic carbocycles. The van der Waals surface area contributed by atoms with E-state index < -0.39 is 76.0 Å². The van der Waals surface area contributed by atoms with Crippen molar-refractivity contribution in [1.82, 2.24) is 9.97 Å². The van der Waals surface area contributed by atoms with E-state index in [1.54, 1.807) is 0 Å². The Morgan fingerprint density at radius 1 is 1.13 bits per heavy atom. The molecule has 3 aromatic rings. The molecule has 1 N–H and O–H groups in total. The number of ether oxygens (including phenoxy) is 2. The van der Waals surface area contributed by atoms with Crippen molar-refractivity contribution in [2.75, 3.05) is 7.11 Å². The fourth-order valence-electron chi connectivity index (χ4n) is 4.94. The van der Waals surface area contributed by atoms with Gasteiger partial charge in [-0.05, 0) is 19.1 Å². The lowest BCUT2D eigenvalue weighted by Gasteiger charge is -2.32. The molecule has 1 saturated heterocycles. The van der Waals surface area contributed by atoms with Gasteiger partial charge in [0.05, 0.1) is 23.6 Å². The van der Waals surface area contributed by atoms with Gasteiger partial charge in [0.25, 0.3) is 6.43 Å². The number of nitrogens with zero attached hydrogens (tertiary/aromatic N) is 1. The summed E-state index contributed by atoms with van der Waals surface area (Å²) >= 11 is 0. The van der Waals surface area contributed by atoms with Crippen molar-refractivity contribution >= 4 is 10.9 Å². The fourth-order valence-corrected chi connectivity index (χ4v) is 4.94. The van der Waals surface area contributed by atoms with Gasteiger partial charge in [-0.1, -0.05) is 13.0 Å². The van der Waals surface area contributed by atoms with Gasteiger partial charge < -0.3 is 14.5 Å². The number of alkyl halides is 8. The van der Waals surface area contributed by atoms with Gasteiger partial charge in [0.2, 0.25) is 0 Å². The number of rotatable bonds is 4. The Morgan fingerprint density at radius 3 is 2.34 bits per heavy atom. The van der Waals surface area contributed by atoms with Crippen LogP contribution >= 0.6 is 0 Å². The van der Waals surface area contributed by atoms with Crippen molar-refractivity contribution in [3.05, 3.63) is 69.0 Å². The van der Waals surface area contributed by atoms with Crippen molar-refractivity contribution in [2.24, 2.45) is 5.92 Å². The lowest BCUT2D eigenvalue weighted by molar-refractivity contribution is -0.275. The van der Waals surface area contributed by atoms with Crippen LogP contribution in [0.15, 0.2) is 35.3 Å². The van der Waals surface area contributed by atoms with Crippen LogP contribution in [-0.4, -0.2) is 28.9 Å². The van der Waals surface area contributed by atoms with Gasteiger partial charge in [0, 0.05) is 35.4 Å². The van der Waals surface area contributed by atoms with Gasteiger partial charge in [0.15, 0.2) is 16.7 Å². The molecule has 206 valence electrons. The number of aromatic nitrogens is 2. The molecular weight excluding hydrogens is 535 g/mol. The van der Waals surface area contributed by atoms with Gasteiger partial charge in [-0.15, -0.1) is 0 Å². The largest absolute Gasteiger partial charge is 0.496 e. The van der Waals surface area contributed by atoms with E-state index in [9.17, 15) is 44.3 Å². The fraction of sp³-hybridized carbons (Fsp3) is 0.417. The second-order valence-electron chi connectivity index (χ2n) is 9.01. The van der Waals surface area contributed by atoms with Gasteiger partial charge in [-0.3, -0.25) is 9.78 Å². The van der Waals surface area contributed by atoms with Gasteiger partial charge in [-0.2, -0.15) is 26.3 Å². The lowest BCUT2D eigenvalue weighted by atomic mass is 9.76. The number of pyridine rings is 2. The van der Waals surface area contributed by atoms with E-state index in [2.05, 4.69) is 9.97 Å². The van der Waals surface area contributed by atoms with Crippen LogP contribution < -0.4 is 10.2 Å². The van der Waals surface area contributed by atoms with Crippen molar-refractivity contribution in [3.8, 4) is 5.75 Å². The number of benzene rings is 1. The van der Waals surface area contributed by atoms with Crippen LogP contribution in [0.1, 0.15) is 54.8 Å². The standard InChI is InChI=1S/C24H19F9N2O3/c1-9-15(10-4-5-11(25)16(21(26)27)18(10)37-3)19(38-22(9,2)24(31,32)33)13-8-14(36)17-12(35-13)6-7-34-20(17)23(28,29)30/h4-9,15,19,21H,1-3H3,(H,35,36)/t9-,15-,19-,22+/m0/s1. The summed E-state index contributed by atoms with van der Waals surface area (Å²) in [7, 11) is 0.937. The predicted molar refractivity (Wildman–Crippen MR) is 115 cm³/mol. The third-order valence-electron chi connectivity index (χ3n) is 6.96. The molecule has 0 amide bonds. The molecule has 2 aromatic heterocycles. The Hall–Kier alpha value is -3.29.